The number of hydrogen-bond acceptors (Lipinski definition) is 5. The predicted octanol–water partition coefficient (Wildman–Crippen LogP) is 3.38. The summed E-state index contributed by atoms with van der Waals surface area (Å²) in [6, 6.07) is 10.2. The van der Waals surface area contributed by atoms with Crippen molar-refractivity contribution in [3.63, 3.8) is 0 Å². The van der Waals surface area contributed by atoms with Crippen LogP contribution in [0.1, 0.15) is 28.8 Å². The van der Waals surface area contributed by atoms with Gasteiger partial charge in [0.25, 0.3) is 0 Å². The van der Waals surface area contributed by atoms with Crippen LogP contribution < -0.4 is 14.2 Å². The number of carbonyl (C=O) groups is 1. The molecule has 1 aliphatic rings. The van der Waals surface area contributed by atoms with Crippen molar-refractivity contribution in [3.05, 3.63) is 47.5 Å². The number of rotatable bonds is 5. The molecule has 1 N–H and O–H groups in total. The zero-order valence-electron chi connectivity index (χ0n) is 13.7. The lowest BCUT2D eigenvalue weighted by molar-refractivity contribution is 0.0883. The fourth-order valence-corrected chi connectivity index (χ4v) is 2.91. The zero-order valence-corrected chi connectivity index (χ0v) is 13.7. The maximum atomic E-state index is 12.5. The molecule has 2 aromatic carbocycles. The van der Waals surface area contributed by atoms with E-state index in [1.165, 1.54) is 0 Å². The van der Waals surface area contributed by atoms with E-state index in [2.05, 4.69) is 0 Å². The summed E-state index contributed by atoms with van der Waals surface area (Å²) in [7, 11) is 3.10. The molecule has 5 nitrogen and oxygen atoms in total. The van der Waals surface area contributed by atoms with Crippen LogP contribution in [0.3, 0.4) is 0 Å². The summed E-state index contributed by atoms with van der Waals surface area (Å²) in [6.45, 7) is 0. The summed E-state index contributed by atoms with van der Waals surface area (Å²) in [5, 5.41) is 9.51. The number of phenolic OH excluding ortho intramolecular Hbond substituents is 1. The molecule has 0 spiro atoms. The molecule has 2 aromatic rings. The van der Waals surface area contributed by atoms with Crippen molar-refractivity contribution in [2.24, 2.45) is 0 Å². The molecule has 0 aliphatic carbocycles. The first kappa shape index (κ1) is 16.2. The van der Waals surface area contributed by atoms with Gasteiger partial charge in [0.15, 0.2) is 17.3 Å². The van der Waals surface area contributed by atoms with E-state index < -0.39 is 0 Å². The molecule has 1 heterocycles. The molecule has 0 saturated carbocycles. The first-order chi connectivity index (χ1) is 11.6. The van der Waals surface area contributed by atoms with E-state index in [0.717, 1.165) is 24.2 Å². The van der Waals surface area contributed by atoms with Gasteiger partial charge in [0.2, 0.25) is 0 Å². The maximum Gasteiger partial charge on any atom is 0.166 e. The lowest BCUT2D eigenvalue weighted by Gasteiger charge is -2.25. The average Bonchev–Trinajstić information content (AvgIpc) is 2.61. The molecule has 0 radical (unpaired) electrons. The largest absolute Gasteiger partial charge is 0.508 e. The number of ketones is 1. The summed E-state index contributed by atoms with van der Waals surface area (Å²) in [4.78, 5) is 12.5. The predicted molar refractivity (Wildman–Crippen MR) is 89.3 cm³/mol. The Morgan fingerprint density at radius 1 is 1.17 bits per heavy atom. The highest BCUT2D eigenvalue weighted by molar-refractivity contribution is 5.97. The van der Waals surface area contributed by atoms with E-state index in [1.54, 1.807) is 50.6 Å². The molecule has 1 unspecified atom stereocenters. The quantitative estimate of drug-likeness (QED) is 0.853. The lowest BCUT2D eigenvalue weighted by atomic mass is 9.97. The number of aromatic hydroxyl groups is 1. The monoisotopic (exact) mass is 328 g/mol. The van der Waals surface area contributed by atoms with E-state index in [9.17, 15) is 9.90 Å². The highest BCUT2D eigenvalue weighted by Crippen LogP contribution is 2.32. The average molecular weight is 328 g/mol. The van der Waals surface area contributed by atoms with Gasteiger partial charge in [-0.3, -0.25) is 4.79 Å². The van der Waals surface area contributed by atoms with Crippen LogP contribution in [-0.4, -0.2) is 31.2 Å². The first-order valence-corrected chi connectivity index (χ1v) is 7.84. The molecule has 0 fully saturated rings. The summed E-state index contributed by atoms with van der Waals surface area (Å²) in [6.07, 6.45) is 1.67. The molecule has 3 rings (SSSR count). The SMILES string of the molecule is COc1ccc(C(=O)CC2CCc3cc(O)ccc3O2)cc1OC. The number of ether oxygens (including phenoxy) is 3. The van der Waals surface area contributed by atoms with Crippen molar-refractivity contribution in [1.82, 2.24) is 0 Å². The van der Waals surface area contributed by atoms with Gasteiger partial charge < -0.3 is 19.3 Å². The molecule has 5 heteroatoms. The summed E-state index contributed by atoms with van der Waals surface area (Å²) in [5.41, 5.74) is 1.55. The minimum Gasteiger partial charge on any atom is -0.508 e. The van der Waals surface area contributed by atoms with Crippen LogP contribution in [0, 0.1) is 0 Å². The molecular weight excluding hydrogens is 308 g/mol. The molecule has 126 valence electrons. The third-order valence-corrected chi connectivity index (χ3v) is 4.19. The van der Waals surface area contributed by atoms with Gasteiger partial charge in [-0.25, -0.2) is 0 Å². The van der Waals surface area contributed by atoms with Crippen LogP contribution in [0.5, 0.6) is 23.0 Å². The van der Waals surface area contributed by atoms with E-state index in [0.29, 0.717) is 23.5 Å². The van der Waals surface area contributed by atoms with Gasteiger partial charge in [-0.1, -0.05) is 0 Å². The number of methoxy groups -OCH3 is 2. The zero-order chi connectivity index (χ0) is 17.1. The number of Topliss-reactive ketones (excluding diaryl/α,β-unsaturated/α-hetero) is 1. The number of aryl methyl sites for hydroxylation is 1. The second-order valence-corrected chi connectivity index (χ2v) is 5.77. The summed E-state index contributed by atoms with van der Waals surface area (Å²) >= 11 is 0. The fraction of sp³-hybridized carbons (Fsp3) is 0.316. The van der Waals surface area contributed by atoms with Crippen LogP contribution in [0.15, 0.2) is 36.4 Å². The van der Waals surface area contributed by atoms with Gasteiger partial charge in [-0.2, -0.15) is 0 Å². The number of benzene rings is 2. The smallest absolute Gasteiger partial charge is 0.166 e. The topological polar surface area (TPSA) is 65.0 Å². The van der Waals surface area contributed by atoms with Crippen molar-refractivity contribution in [2.75, 3.05) is 14.2 Å². The van der Waals surface area contributed by atoms with Crippen LogP contribution in [0.2, 0.25) is 0 Å². The number of hydrogen-bond donors (Lipinski definition) is 1. The Hall–Kier alpha value is -2.69. The van der Waals surface area contributed by atoms with Gasteiger partial charge in [-0.05, 0) is 54.8 Å². The molecule has 0 saturated heterocycles. The molecular formula is C19H20O5. The van der Waals surface area contributed by atoms with Crippen molar-refractivity contribution in [1.29, 1.82) is 0 Å². The Morgan fingerprint density at radius 2 is 1.96 bits per heavy atom. The van der Waals surface area contributed by atoms with Crippen LogP contribution in [0.4, 0.5) is 0 Å². The van der Waals surface area contributed by atoms with Gasteiger partial charge >= 0.3 is 0 Å². The highest BCUT2D eigenvalue weighted by Gasteiger charge is 2.23. The van der Waals surface area contributed by atoms with E-state index in [4.69, 9.17) is 14.2 Å². The third-order valence-electron chi connectivity index (χ3n) is 4.19. The van der Waals surface area contributed by atoms with Crippen molar-refractivity contribution >= 4 is 5.78 Å². The van der Waals surface area contributed by atoms with Crippen LogP contribution in [-0.2, 0) is 6.42 Å². The first-order valence-electron chi connectivity index (χ1n) is 7.84. The minimum atomic E-state index is -0.164. The number of phenols is 1. The van der Waals surface area contributed by atoms with Gasteiger partial charge in [0.1, 0.15) is 17.6 Å². The fourth-order valence-electron chi connectivity index (χ4n) is 2.91. The second-order valence-electron chi connectivity index (χ2n) is 5.77. The van der Waals surface area contributed by atoms with Gasteiger partial charge in [-0.15, -0.1) is 0 Å². The Kier molecular flexibility index (Phi) is 4.60. The van der Waals surface area contributed by atoms with E-state index in [1.807, 2.05) is 0 Å². The van der Waals surface area contributed by atoms with Crippen molar-refractivity contribution < 1.29 is 24.1 Å². The molecule has 0 amide bonds. The normalized spacial score (nSPS) is 16.0. The molecule has 1 aliphatic heterocycles. The van der Waals surface area contributed by atoms with E-state index >= 15 is 0 Å². The highest BCUT2D eigenvalue weighted by atomic mass is 16.5. The Balaban J connectivity index is 1.70. The van der Waals surface area contributed by atoms with Crippen molar-refractivity contribution in [3.8, 4) is 23.0 Å². The van der Waals surface area contributed by atoms with Crippen LogP contribution >= 0.6 is 0 Å². The van der Waals surface area contributed by atoms with Gasteiger partial charge in [0, 0.05) is 12.0 Å². The van der Waals surface area contributed by atoms with Crippen LogP contribution in [0.25, 0.3) is 0 Å². The Morgan fingerprint density at radius 3 is 2.71 bits per heavy atom. The molecule has 24 heavy (non-hydrogen) atoms. The third kappa shape index (κ3) is 3.30. The summed E-state index contributed by atoms with van der Waals surface area (Å²) < 4.78 is 16.3. The number of fused-ring (bicyclic) bond motifs is 1. The lowest BCUT2D eigenvalue weighted by Crippen LogP contribution is -2.25. The standard InChI is InChI=1S/C19H20O5/c1-22-18-7-4-12(10-19(18)23-2)16(21)11-15-6-3-13-9-14(20)5-8-17(13)24-15/h4-5,7-10,15,20H,3,6,11H2,1-2H3. The Bertz CT molecular complexity index is 753. The molecule has 1 atom stereocenters. The van der Waals surface area contributed by atoms with Crippen molar-refractivity contribution in [2.45, 2.75) is 25.4 Å². The summed E-state index contributed by atoms with van der Waals surface area (Å²) in [5.74, 6) is 2.11. The minimum absolute atomic E-state index is 0.00295. The second kappa shape index (κ2) is 6.83. The maximum absolute atomic E-state index is 12.5. The Labute approximate surface area is 140 Å². The number of carbonyl (C=O) groups excluding carboxylic acids is 1. The van der Waals surface area contributed by atoms with E-state index in [-0.39, 0.29) is 17.6 Å². The van der Waals surface area contributed by atoms with Gasteiger partial charge in [0.05, 0.1) is 14.2 Å². The molecule has 0 aromatic heterocycles. The molecule has 0 bridgehead atoms.